The Labute approximate surface area is 145 Å². The highest BCUT2D eigenvalue weighted by atomic mass is 19.1. The van der Waals surface area contributed by atoms with Gasteiger partial charge in [-0.15, -0.1) is 0 Å². The van der Waals surface area contributed by atoms with Crippen LogP contribution in [0.1, 0.15) is 41.6 Å². The Morgan fingerprint density at radius 3 is 2.96 bits per heavy atom. The summed E-state index contributed by atoms with van der Waals surface area (Å²) >= 11 is 0. The number of nitrogens with one attached hydrogen (secondary N) is 2. The minimum absolute atomic E-state index is 0.128. The van der Waals surface area contributed by atoms with Crippen molar-refractivity contribution < 1.29 is 18.4 Å². The second-order valence-electron chi connectivity index (χ2n) is 6.08. The number of halogens is 1. The zero-order chi connectivity index (χ0) is 17.8. The molecule has 25 heavy (non-hydrogen) atoms. The van der Waals surface area contributed by atoms with Gasteiger partial charge in [-0.05, 0) is 44.4 Å². The summed E-state index contributed by atoms with van der Waals surface area (Å²) in [5, 5.41) is 9.61. The predicted octanol–water partition coefficient (Wildman–Crippen LogP) is 3.53. The maximum absolute atomic E-state index is 14.3. The van der Waals surface area contributed by atoms with Gasteiger partial charge in [-0.3, -0.25) is 4.79 Å². The Morgan fingerprint density at radius 2 is 2.28 bits per heavy atom. The predicted molar refractivity (Wildman–Crippen MR) is 92.4 cm³/mol. The summed E-state index contributed by atoms with van der Waals surface area (Å²) in [6, 6.07) is 4.57. The third-order valence-electron chi connectivity index (χ3n) is 4.27. The molecule has 1 aromatic carbocycles. The number of carbonyl (C=O) groups is 1. The monoisotopic (exact) mass is 347 g/mol. The SMILES string of the molecule is CCc1noc(C)c1C(=O)Nc1ccc(NC[C@@H]2CCCO2)c(F)c1. The molecule has 134 valence electrons. The first-order chi connectivity index (χ1) is 12.1. The Hall–Kier alpha value is -2.41. The molecule has 3 rings (SSSR count). The number of benzene rings is 1. The summed E-state index contributed by atoms with van der Waals surface area (Å²) < 4.78 is 24.8. The number of aromatic nitrogens is 1. The van der Waals surface area contributed by atoms with E-state index >= 15 is 0 Å². The molecule has 0 radical (unpaired) electrons. The fourth-order valence-electron chi connectivity index (χ4n) is 2.91. The summed E-state index contributed by atoms with van der Waals surface area (Å²) in [4.78, 5) is 12.4. The quantitative estimate of drug-likeness (QED) is 0.836. The summed E-state index contributed by atoms with van der Waals surface area (Å²) in [7, 11) is 0. The van der Waals surface area contributed by atoms with Crippen molar-refractivity contribution in [1.82, 2.24) is 5.16 Å². The van der Waals surface area contributed by atoms with Crippen LogP contribution in [0.4, 0.5) is 15.8 Å². The van der Waals surface area contributed by atoms with Gasteiger partial charge in [0.1, 0.15) is 17.1 Å². The molecule has 1 atom stereocenters. The fraction of sp³-hybridized carbons (Fsp3) is 0.444. The molecule has 1 aromatic heterocycles. The average Bonchev–Trinajstić information content (AvgIpc) is 3.23. The number of anilines is 2. The van der Waals surface area contributed by atoms with E-state index in [2.05, 4.69) is 15.8 Å². The maximum atomic E-state index is 14.3. The van der Waals surface area contributed by atoms with Crippen LogP contribution >= 0.6 is 0 Å². The first kappa shape index (κ1) is 17.4. The third-order valence-corrected chi connectivity index (χ3v) is 4.27. The Bertz CT molecular complexity index is 754. The van der Waals surface area contributed by atoms with E-state index in [1.54, 1.807) is 19.1 Å². The van der Waals surface area contributed by atoms with Gasteiger partial charge in [-0.1, -0.05) is 12.1 Å². The van der Waals surface area contributed by atoms with E-state index in [1.165, 1.54) is 6.07 Å². The van der Waals surface area contributed by atoms with Crippen molar-refractivity contribution in [1.29, 1.82) is 0 Å². The number of rotatable bonds is 6. The third kappa shape index (κ3) is 3.99. The van der Waals surface area contributed by atoms with E-state index in [9.17, 15) is 9.18 Å². The van der Waals surface area contributed by atoms with E-state index < -0.39 is 5.82 Å². The molecule has 0 spiro atoms. The zero-order valence-electron chi connectivity index (χ0n) is 14.4. The molecule has 0 bridgehead atoms. The van der Waals surface area contributed by atoms with Crippen LogP contribution in [0.3, 0.4) is 0 Å². The molecule has 1 aliphatic heterocycles. The number of hydrogen-bond donors (Lipinski definition) is 2. The summed E-state index contributed by atoms with van der Waals surface area (Å²) in [5.74, 6) is -0.326. The average molecular weight is 347 g/mol. The van der Waals surface area contributed by atoms with Crippen LogP contribution in [0.25, 0.3) is 0 Å². The summed E-state index contributed by atoms with van der Waals surface area (Å²) in [5.41, 5.74) is 1.77. The van der Waals surface area contributed by atoms with Crippen molar-refractivity contribution in [3.63, 3.8) is 0 Å². The molecule has 2 N–H and O–H groups in total. The van der Waals surface area contributed by atoms with E-state index in [-0.39, 0.29) is 12.0 Å². The van der Waals surface area contributed by atoms with Gasteiger partial charge in [0.2, 0.25) is 0 Å². The lowest BCUT2D eigenvalue weighted by molar-refractivity contribution is 0.102. The zero-order valence-corrected chi connectivity index (χ0v) is 14.4. The van der Waals surface area contributed by atoms with E-state index in [1.807, 2.05) is 6.92 Å². The second-order valence-corrected chi connectivity index (χ2v) is 6.08. The number of nitrogens with zero attached hydrogens (tertiary/aromatic N) is 1. The number of ether oxygens (including phenoxy) is 1. The van der Waals surface area contributed by atoms with Crippen LogP contribution in [0.2, 0.25) is 0 Å². The first-order valence-corrected chi connectivity index (χ1v) is 8.50. The largest absolute Gasteiger partial charge is 0.380 e. The van der Waals surface area contributed by atoms with Crippen LogP contribution in [0.15, 0.2) is 22.7 Å². The Kier molecular flexibility index (Phi) is 5.33. The van der Waals surface area contributed by atoms with Gasteiger partial charge in [0.15, 0.2) is 0 Å². The smallest absolute Gasteiger partial charge is 0.261 e. The highest BCUT2D eigenvalue weighted by Crippen LogP contribution is 2.22. The molecule has 2 aromatic rings. The normalized spacial score (nSPS) is 16.8. The highest BCUT2D eigenvalue weighted by molar-refractivity contribution is 6.05. The first-order valence-electron chi connectivity index (χ1n) is 8.50. The molecule has 1 amide bonds. The number of amides is 1. The Balaban J connectivity index is 1.65. The van der Waals surface area contributed by atoms with Crippen LogP contribution < -0.4 is 10.6 Å². The molecule has 6 nitrogen and oxygen atoms in total. The van der Waals surface area contributed by atoms with Crippen LogP contribution in [-0.4, -0.2) is 30.3 Å². The summed E-state index contributed by atoms with van der Waals surface area (Å²) in [6.07, 6.45) is 2.74. The molecule has 1 saturated heterocycles. The lowest BCUT2D eigenvalue weighted by Gasteiger charge is -2.13. The number of aryl methyl sites for hydroxylation is 2. The van der Waals surface area contributed by atoms with Crippen molar-refractivity contribution >= 4 is 17.3 Å². The molecule has 0 saturated carbocycles. The molecule has 2 heterocycles. The van der Waals surface area contributed by atoms with Gasteiger partial charge in [-0.25, -0.2) is 4.39 Å². The van der Waals surface area contributed by atoms with Crippen LogP contribution in [-0.2, 0) is 11.2 Å². The minimum atomic E-state index is -0.423. The Morgan fingerprint density at radius 1 is 1.44 bits per heavy atom. The van der Waals surface area contributed by atoms with E-state index in [4.69, 9.17) is 9.26 Å². The molecule has 1 fully saturated rings. The van der Waals surface area contributed by atoms with Gasteiger partial charge in [0.05, 0.1) is 17.5 Å². The molecule has 1 aliphatic rings. The van der Waals surface area contributed by atoms with Gasteiger partial charge in [0, 0.05) is 18.8 Å². The van der Waals surface area contributed by atoms with Gasteiger partial charge in [-0.2, -0.15) is 0 Å². The van der Waals surface area contributed by atoms with E-state index in [0.29, 0.717) is 41.4 Å². The molecule has 0 aliphatic carbocycles. The summed E-state index contributed by atoms with van der Waals surface area (Å²) in [6.45, 7) is 4.91. The van der Waals surface area contributed by atoms with Crippen molar-refractivity contribution in [3.8, 4) is 0 Å². The van der Waals surface area contributed by atoms with Crippen LogP contribution in [0.5, 0.6) is 0 Å². The number of hydrogen-bond acceptors (Lipinski definition) is 5. The minimum Gasteiger partial charge on any atom is -0.380 e. The number of carbonyl (C=O) groups excluding carboxylic acids is 1. The van der Waals surface area contributed by atoms with Gasteiger partial charge >= 0.3 is 0 Å². The molecule has 0 unspecified atom stereocenters. The topological polar surface area (TPSA) is 76.4 Å². The molecular weight excluding hydrogens is 325 g/mol. The maximum Gasteiger partial charge on any atom is 0.261 e. The lowest BCUT2D eigenvalue weighted by atomic mass is 10.1. The second kappa shape index (κ2) is 7.65. The van der Waals surface area contributed by atoms with Crippen molar-refractivity contribution in [2.45, 2.75) is 39.2 Å². The van der Waals surface area contributed by atoms with Gasteiger partial charge < -0.3 is 19.9 Å². The lowest BCUT2D eigenvalue weighted by Crippen LogP contribution is -2.19. The van der Waals surface area contributed by atoms with Crippen molar-refractivity contribution in [2.75, 3.05) is 23.8 Å². The van der Waals surface area contributed by atoms with Crippen molar-refractivity contribution in [2.24, 2.45) is 0 Å². The van der Waals surface area contributed by atoms with Crippen LogP contribution in [0, 0.1) is 12.7 Å². The molecular formula is C18H22FN3O3. The van der Waals surface area contributed by atoms with Gasteiger partial charge in [0.25, 0.3) is 5.91 Å². The van der Waals surface area contributed by atoms with Crippen molar-refractivity contribution in [3.05, 3.63) is 41.0 Å². The highest BCUT2D eigenvalue weighted by Gasteiger charge is 2.20. The molecule has 7 heteroatoms. The standard InChI is InChI=1S/C18H22FN3O3/c1-3-15-17(11(2)25-22-15)18(23)21-12-6-7-16(14(19)9-12)20-10-13-5-4-8-24-13/h6-7,9,13,20H,3-5,8,10H2,1-2H3,(H,21,23)/t13-/m0/s1. The fourth-order valence-corrected chi connectivity index (χ4v) is 2.91. The van der Waals surface area contributed by atoms with E-state index in [0.717, 1.165) is 19.4 Å².